The van der Waals surface area contributed by atoms with Crippen molar-refractivity contribution in [3.05, 3.63) is 59.9 Å². The fraction of sp³-hybridized carbons (Fsp3) is 0.235. The van der Waals surface area contributed by atoms with Crippen LogP contribution in [0.5, 0.6) is 5.75 Å². The number of ether oxygens (including phenoxy) is 1. The van der Waals surface area contributed by atoms with E-state index in [-0.39, 0.29) is 30.2 Å². The Balaban J connectivity index is 1.92. The van der Waals surface area contributed by atoms with Crippen molar-refractivity contribution in [3.8, 4) is 5.75 Å². The lowest BCUT2D eigenvalue weighted by molar-refractivity contribution is -0.128. The van der Waals surface area contributed by atoms with E-state index < -0.39 is 6.04 Å². The van der Waals surface area contributed by atoms with E-state index in [2.05, 4.69) is 5.32 Å². The van der Waals surface area contributed by atoms with Crippen LogP contribution in [-0.4, -0.2) is 30.9 Å². The highest BCUT2D eigenvalue weighted by Gasteiger charge is 2.48. The predicted molar refractivity (Wildman–Crippen MR) is 83.5 cm³/mol. The van der Waals surface area contributed by atoms with Crippen LogP contribution in [-0.2, 0) is 9.53 Å². The number of anilines is 1. The van der Waals surface area contributed by atoms with Crippen LogP contribution in [0.1, 0.15) is 11.6 Å². The van der Waals surface area contributed by atoms with E-state index in [1.807, 2.05) is 0 Å². The van der Waals surface area contributed by atoms with Crippen LogP contribution in [0.25, 0.3) is 0 Å². The Bertz CT molecular complexity index is 688. The molecule has 1 heterocycles. The summed E-state index contributed by atoms with van der Waals surface area (Å²) in [6, 6.07) is 11.8. The summed E-state index contributed by atoms with van der Waals surface area (Å²) in [5, 5.41) is 12.5. The second kappa shape index (κ2) is 6.36. The number of amides is 1. The average Bonchev–Trinajstić information content (AvgIpc) is 2.56. The maximum absolute atomic E-state index is 13.1. The molecular formula is C17H17FN2O3. The minimum absolute atomic E-state index is 0.105. The lowest BCUT2D eigenvalue weighted by Crippen LogP contribution is -2.65. The maximum atomic E-state index is 13.1. The number of phenols is 1. The number of nitrogens with zero attached hydrogens (tertiary/aromatic N) is 1. The van der Waals surface area contributed by atoms with Gasteiger partial charge in [-0.1, -0.05) is 12.1 Å². The Hall–Kier alpha value is -2.44. The molecule has 120 valence electrons. The maximum Gasteiger partial charge on any atom is 0.247 e. The zero-order valence-electron chi connectivity index (χ0n) is 12.6. The molecule has 0 unspecified atom stereocenters. The van der Waals surface area contributed by atoms with Crippen LogP contribution in [0.4, 0.5) is 10.1 Å². The van der Waals surface area contributed by atoms with Gasteiger partial charge >= 0.3 is 0 Å². The molecule has 1 fully saturated rings. The Kier molecular flexibility index (Phi) is 4.27. The molecule has 0 saturated carbocycles. The van der Waals surface area contributed by atoms with Gasteiger partial charge in [-0.25, -0.2) is 4.39 Å². The summed E-state index contributed by atoms with van der Waals surface area (Å²) in [4.78, 5) is 14.1. The first-order valence-corrected chi connectivity index (χ1v) is 7.21. The molecule has 1 aliphatic rings. The van der Waals surface area contributed by atoms with Crippen LogP contribution in [0.3, 0.4) is 0 Å². The molecule has 2 atom stereocenters. The predicted octanol–water partition coefficient (Wildman–Crippen LogP) is 2.18. The Morgan fingerprint density at radius 2 is 1.83 bits per heavy atom. The summed E-state index contributed by atoms with van der Waals surface area (Å²) >= 11 is 0. The van der Waals surface area contributed by atoms with Gasteiger partial charge in [-0.2, -0.15) is 0 Å². The van der Waals surface area contributed by atoms with Gasteiger partial charge in [0.25, 0.3) is 0 Å². The van der Waals surface area contributed by atoms with Crippen LogP contribution in [0.2, 0.25) is 0 Å². The lowest BCUT2D eigenvalue weighted by atomic mass is 9.87. The van der Waals surface area contributed by atoms with E-state index in [4.69, 9.17) is 4.74 Å². The molecule has 0 aliphatic carbocycles. The number of carbonyl (C=O) groups excluding carboxylic acids is 1. The number of rotatable bonds is 5. The molecule has 2 aromatic carbocycles. The van der Waals surface area contributed by atoms with Gasteiger partial charge in [0.2, 0.25) is 5.91 Å². The van der Waals surface area contributed by atoms with Crippen molar-refractivity contribution in [1.29, 1.82) is 0 Å². The largest absolute Gasteiger partial charge is 0.508 e. The third kappa shape index (κ3) is 2.91. The Morgan fingerprint density at radius 3 is 2.43 bits per heavy atom. The number of hydrogen-bond donors (Lipinski definition) is 2. The van der Waals surface area contributed by atoms with Gasteiger partial charge < -0.3 is 14.7 Å². The van der Waals surface area contributed by atoms with E-state index in [1.54, 1.807) is 48.4 Å². The van der Waals surface area contributed by atoms with Crippen molar-refractivity contribution >= 4 is 11.6 Å². The van der Waals surface area contributed by atoms with E-state index in [1.165, 1.54) is 12.1 Å². The van der Waals surface area contributed by atoms with Crippen LogP contribution >= 0.6 is 0 Å². The molecule has 0 radical (unpaired) electrons. The van der Waals surface area contributed by atoms with E-state index in [0.29, 0.717) is 5.69 Å². The molecule has 0 bridgehead atoms. The van der Waals surface area contributed by atoms with Crippen molar-refractivity contribution in [2.45, 2.75) is 12.1 Å². The minimum atomic E-state index is -0.426. The second-order valence-electron chi connectivity index (χ2n) is 5.34. The Morgan fingerprint density at radius 1 is 1.17 bits per heavy atom. The normalized spacial score (nSPS) is 20.4. The summed E-state index contributed by atoms with van der Waals surface area (Å²) in [7, 11) is 1.55. The lowest BCUT2D eigenvalue weighted by Gasteiger charge is -2.47. The van der Waals surface area contributed by atoms with Gasteiger partial charge in [-0.05, 0) is 42.0 Å². The smallest absolute Gasteiger partial charge is 0.247 e. The third-order valence-corrected chi connectivity index (χ3v) is 3.88. The molecular weight excluding hydrogens is 299 g/mol. The van der Waals surface area contributed by atoms with Gasteiger partial charge in [-0.3, -0.25) is 10.1 Å². The zero-order chi connectivity index (χ0) is 16.4. The van der Waals surface area contributed by atoms with Crippen molar-refractivity contribution in [2.75, 3.05) is 18.7 Å². The number of β-lactam (4-membered cyclic amide) rings is 1. The van der Waals surface area contributed by atoms with Crippen molar-refractivity contribution in [1.82, 2.24) is 5.32 Å². The molecule has 1 saturated heterocycles. The van der Waals surface area contributed by atoms with Crippen molar-refractivity contribution in [3.63, 3.8) is 0 Å². The topological polar surface area (TPSA) is 61.8 Å². The highest BCUT2D eigenvalue weighted by molar-refractivity contribution is 6.05. The summed E-state index contributed by atoms with van der Waals surface area (Å²) in [5.41, 5.74) is 1.50. The quantitative estimate of drug-likeness (QED) is 0.656. The number of methoxy groups -OCH3 is 1. The SMILES string of the molecule is COCN[C@H]1C(=O)N(c2ccc(F)cc2)[C@@H]1c1ccc(O)cc1. The highest BCUT2D eigenvalue weighted by Crippen LogP contribution is 2.39. The van der Waals surface area contributed by atoms with Gasteiger partial charge in [0.15, 0.2) is 0 Å². The van der Waals surface area contributed by atoms with Gasteiger partial charge in [0, 0.05) is 12.8 Å². The molecule has 2 aromatic rings. The molecule has 23 heavy (non-hydrogen) atoms. The summed E-state index contributed by atoms with van der Waals surface area (Å²) < 4.78 is 18.1. The van der Waals surface area contributed by atoms with Crippen molar-refractivity contribution < 1.29 is 19.0 Å². The summed E-state index contributed by atoms with van der Waals surface area (Å²) in [6.45, 7) is 0.252. The zero-order valence-corrected chi connectivity index (χ0v) is 12.6. The van der Waals surface area contributed by atoms with Gasteiger partial charge in [0.1, 0.15) is 17.6 Å². The minimum Gasteiger partial charge on any atom is -0.508 e. The summed E-state index contributed by atoms with van der Waals surface area (Å²) in [5.74, 6) is -0.294. The van der Waals surface area contributed by atoms with Gasteiger partial charge in [0.05, 0.1) is 12.8 Å². The molecule has 5 nitrogen and oxygen atoms in total. The number of nitrogens with one attached hydrogen (secondary N) is 1. The second-order valence-corrected chi connectivity index (χ2v) is 5.34. The van der Waals surface area contributed by atoms with E-state index in [0.717, 1.165) is 5.56 Å². The fourth-order valence-corrected chi connectivity index (χ4v) is 2.76. The van der Waals surface area contributed by atoms with E-state index in [9.17, 15) is 14.3 Å². The first-order chi connectivity index (χ1) is 11.1. The summed E-state index contributed by atoms with van der Waals surface area (Å²) in [6.07, 6.45) is 0. The number of hydrogen-bond acceptors (Lipinski definition) is 4. The standard InChI is InChI=1S/C17H17FN2O3/c1-23-10-19-15-16(11-2-8-14(21)9-3-11)20(17(15)22)13-6-4-12(18)5-7-13/h2-9,15-16,19,21H,10H2,1H3/t15-,16-/m1/s1. The molecule has 1 amide bonds. The van der Waals surface area contributed by atoms with Crippen LogP contribution in [0.15, 0.2) is 48.5 Å². The number of carbonyl (C=O) groups is 1. The third-order valence-electron chi connectivity index (χ3n) is 3.88. The first-order valence-electron chi connectivity index (χ1n) is 7.21. The number of benzene rings is 2. The molecule has 6 heteroatoms. The average molecular weight is 316 g/mol. The van der Waals surface area contributed by atoms with Gasteiger partial charge in [-0.15, -0.1) is 0 Å². The number of phenolic OH excluding ortho intramolecular Hbond substituents is 1. The number of aromatic hydroxyl groups is 1. The first kappa shape index (κ1) is 15.5. The van der Waals surface area contributed by atoms with Crippen LogP contribution in [0, 0.1) is 5.82 Å². The van der Waals surface area contributed by atoms with E-state index >= 15 is 0 Å². The molecule has 0 aromatic heterocycles. The monoisotopic (exact) mass is 316 g/mol. The van der Waals surface area contributed by atoms with Crippen LogP contribution < -0.4 is 10.2 Å². The fourth-order valence-electron chi connectivity index (χ4n) is 2.76. The molecule has 1 aliphatic heterocycles. The number of halogens is 1. The molecule has 3 rings (SSSR count). The molecule has 2 N–H and O–H groups in total. The highest BCUT2D eigenvalue weighted by atomic mass is 19.1. The van der Waals surface area contributed by atoms with Crippen molar-refractivity contribution in [2.24, 2.45) is 0 Å². The molecule has 0 spiro atoms. The Labute approximate surface area is 133 Å².